The number of rotatable bonds is 8. The fourth-order valence-corrected chi connectivity index (χ4v) is 5.81. The van der Waals surface area contributed by atoms with Crippen LogP contribution in [0, 0.1) is 17.8 Å². The second-order valence-corrected chi connectivity index (χ2v) is 10.7. The van der Waals surface area contributed by atoms with Gasteiger partial charge in [0.2, 0.25) is 11.8 Å². The summed E-state index contributed by atoms with van der Waals surface area (Å²) in [6.45, 7) is 8.00. The lowest BCUT2D eigenvalue weighted by Gasteiger charge is -2.30. The Kier molecular flexibility index (Phi) is 8.71. The highest BCUT2D eigenvalue weighted by Gasteiger charge is 2.42. The molecule has 2 fully saturated rings. The average molecular weight is 463 g/mol. The molecule has 2 aliphatic rings. The van der Waals surface area contributed by atoms with Crippen LogP contribution in [-0.2, 0) is 9.59 Å². The highest BCUT2D eigenvalue weighted by Crippen LogP contribution is 2.29. The molecular weight excluding hydrogens is 424 g/mol. The van der Waals surface area contributed by atoms with Crippen LogP contribution in [0.4, 0.5) is 0 Å². The second kappa shape index (κ2) is 11.3. The molecule has 1 aliphatic carbocycles. The Hall–Kier alpha value is -1.93. The minimum absolute atomic E-state index is 0.0155. The van der Waals surface area contributed by atoms with Gasteiger partial charge in [-0.25, -0.2) is 0 Å². The third-order valence-corrected chi connectivity index (χ3v) is 7.63. The Morgan fingerprint density at radius 3 is 2.62 bits per heavy atom. The first-order valence-electron chi connectivity index (χ1n) is 11.9. The molecule has 1 aromatic heterocycles. The Balaban J connectivity index is 1.67. The molecule has 7 nitrogen and oxygen atoms in total. The molecule has 0 spiro atoms. The summed E-state index contributed by atoms with van der Waals surface area (Å²) in [6, 6.07) is 3.01. The van der Waals surface area contributed by atoms with Gasteiger partial charge in [0, 0.05) is 26.6 Å². The predicted molar refractivity (Wildman–Crippen MR) is 127 cm³/mol. The number of carbonyl (C=O) groups is 3. The first kappa shape index (κ1) is 24.7. The van der Waals surface area contributed by atoms with E-state index in [-0.39, 0.29) is 23.8 Å². The molecule has 0 bridgehead atoms. The Morgan fingerprint density at radius 1 is 1.25 bits per heavy atom. The summed E-state index contributed by atoms with van der Waals surface area (Å²) in [7, 11) is 0. The molecule has 0 radical (unpaired) electrons. The van der Waals surface area contributed by atoms with E-state index in [1.54, 1.807) is 4.90 Å². The molecule has 178 valence electrons. The number of hydrogen-bond acceptors (Lipinski definition) is 5. The summed E-state index contributed by atoms with van der Waals surface area (Å²) >= 11 is 1.43. The molecular formula is C24H38N4O3S. The minimum atomic E-state index is -0.530. The Bertz CT molecular complexity index is 782. The van der Waals surface area contributed by atoms with E-state index >= 15 is 0 Å². The van der Waals surface area contributed by atoms with Gasteiger partial charge in [0.05, 0.1) is 10.9 Å². The lowest BCUT2D eigenvalue weighted by atomic mass is 9.81. The molecule has 32 heavy (non-hydrogen) atoms. The number of nitrogens with one attached hydrogen (secondary N) is 1. The van der Waals surface area contributed by atoms with Crippen LogP contribution in [0.15, 0.2) is 17.5 Å². The van der Waals surface area contributed by atoms with Crippen molar-refractivity contribution in [2.45, 2.75) is 65.0 Å². The Morgan fingerprint density at radius 2 is 2.00 bits per heavy atom. The van der Waals surface area contributed by atoms with Crippen molar-refractivity contribution in [3.05, 3.63) is 22.4 Å². The Labute approximate surface area is 195 Å². The first-order chi connectivity index (χ1) is 15.3. The van der Waals surface area contributed by atoms with Gasteiger partial charge in [-0.15, -0.1) is 11.3 Å². The maximum absolute atomic E-state index is 13.2. The molecule has 1 aliphatic heterocycles. The lowest BCUT2D eigenvalue weighted by Crippen LogP contribution is -2.46. The zero-order chi connectivity index (χ0) is 23.3. The van der Waals surface area contributed by atoms with Crippen LogP contribution in [0.1, 0.15) is 62.5 Å². The molecule has 1 saturated heterocycles. The largest absolute Gasteiger partial charge is 0.354 e. The van der Waals surface area contributed by atoms with Gasteiger partial charge in [0.1, 0.15) is 6.04 Å². The molecule has 8 heteroatoms. The van der Waals surface area contributed by atoms with Gasteiger partial charge in [-0.3, -0.25) is 14.4 Å². The van der Waals surface area contributed by atoms with Crippen molar-refractivity contribution in [3.8, 4) is 0 Å². The number of hydrogen-bond donors (Lipinski definition) is 2. The third-order valence-electron chi connectivity index (χ3n) is 6.77. The summed E-state index contributed by atoms with van der Waals surface area (Å²) in [5.74, 6) is 1.04. The minimum Gasteiger partial charge on any atom is -0.354 e. The van der Waals surface area contributed by atoms with Crippen LogP contribution in [0.3, 0.4) is 0 Å². The number of nitrogens with two attached hydrogens (primary N) is 1. The second-order valence-electron chi connectivity index (χ2n) is 9.78. The van der Waals surface area contributed by atoms with Crippen molar-refractivity contribution in [3.63, 3.8) is 0 Å². The SMILES string of the molecule is CC(=O)N1CC(N(CC(C)C)C(=O)c2cccs2)CC1C(=O)NCC1CCCC(CN)C1. The third kappa shape index (κ3) is 6.10. The number of likely N-dealkylation sites (tertiary alicyclic amines) is 1. The summed E-state index contributed by atoms with van der Waals surface area (Å²) in [4.78, 5) is 42.9. The first-order valence-corrected chi connectivity index (χ1v) is 12.8. The van der Waals surface area contributed by atoms with E-state index in [4.69, 9.17) is 5.73 Å². The molecule has 0 aromatic carbocycles. The fraction of sp³-hybridized carbons (Fsp3) is 0.708. The lowest BCUT2D eigenvalue weighted by molar-refractivity contribution is -0.137. The van der Waals surface area contributed by atoms with Crippen LogP contribution in [0.5, 0.6) is 0 Å². The van der Waals surface area contributed by atoms with Crippen LogP contribution < -0.4 is 11.1 Å². The average Bonchev–Trinajstić information content (AvgIpc) is 3.46. The van der Waals surface area contributed by atoms with Gasteiger partial charge >= 0.3 is 0 Å². The molecule has 4 unspecified atom stereocenters. The smallest absolute Gasteiger partial charge is 0.264 e. The highest BCUT2D eigenvalue weighted by molar-refractivity contribution is 7.12. The van der Waals surface area contributed by atoms with Crippen LogP contribution in [0.25, 0.3) is 0 Å². The van der Waals surface area contributed by atoms with Gasteiger partial charge in [0.15, 0.2) is 0 Å². The monoisotopic (exact) mass is 462 g/mol. The van der Waals surface area contributed by atoms with Gasteiger partial charge < -0.3 is 20.9 Å². The van der Waals surface area contributed by atoms with Crippen LogP contribution in [-0.4, -0.2) is 65.8 Å². The molecule has 3 rings (SSSR count). The molecule has 3 amide bonds. The summed E-state index contributed by atoms with van der Waals surface area (Å²) < 4.78 is 0. The van der Waals surface area contributed by atoms with E-state index < -0.39 is 6.04 Å². The van der Waals surface area contributed by atoms with Crippen molar-refractivity contribution in [2.24, 2.45) is 23.5 Å². The van der Waals surface area contributed by atoms with Gasteiger partial charge in [-0.2, -0.15) is 0 Å². The fourth-order valence-electron chi connectivity index (χ4n) is 5.13. The van der Waals surface area contributed by atoms with Crippen LogP contribution >= 0.6 is 11.3 Å². The number of carbonyl (C=O) groups excluding carboxylic acids is 3. The molecule has 1 saturated carbocycles. The topological polar surface area (TPSA) is 95.7 Å². The standard InChI is InChI=1S/C24H38N4O3S/c1-16(2)14-28(24(31)22-8-5-9-32-22)20-11-21(27(15-20)17(3)29)23(30)26-13-19-7-4-6-18(10-19)12-25/h5,8-9,16,18-21H,4,6-7,10-15,25H2,1-3H3,(H,26,30). The van der Waals surface area contributed by atoms with Gasteiger partial charge in [-0.05, 0) is 61.4 Å². The van der Waals surface area contributed by atoms with E-state index in [2.05, 4.69) is 19.2 Å². The van der Waals surface area contributed by atoms with Gasteiger partial charge in [-0.1, -0.05) is 26.3 Å². The van der Waals surface area contributed by atoms with E-state index in [0.717, 1.165) is 19.3 Å². The van der Waals surface area contributed by atoms with Crippen molar-refractivity contribution in [2.75, 3.05) is 26.2 Å². The zero-order valence-corrected chi connectivity index (χ0v) is 20.4. The van der Waals surface area contributed by atoms with E-state index in [1.165, 1.54) is 24.7 Å². The van der Waals surface area contributed by atoms with Crippen molar-refractivity contribution >= 4 is 29.1 Å². The van der Waals surface area contributed by atoms with Crippen molar-refractivity contribution in [1.29, 1.82) is 0 Å². The molecule has 2 heterocycles. The predicted octanol–water partition coefficient (Wildman–Crippen LogP) is 2.72. The van der Waals surface area contributed by atoms with Crippen molar-refractivity contribution in [1.82, 2.24) is 15.1 Å². The number of thiophene rings is 1. The normalized spacial score (nSPS) is 25.7. The molecule has 1 aromatic rings. The number of nitrogens with zero attached hydrogens (tertiary/aromatic N) is 2. The van der Waals surface area contributed by atoms with E-state index in [1.807, 2.05) is 22.4 Å². The summed E-state index contributed by atoms with van der Waals surface area (Å²) in [6.07, 6.45) is 4.97. The summed E-state index contributed by atoms with van der Waals surface area (Å²) in [5, 5.41) is 5.00. The molecule has 3 N–H and O–H groups in total. The molecule has 4 atom stereocenters. The highest BCUT2D eigenvalue weighted by atomic mass is 32.1. The quantitative estimate of drug-likeness (QED) is 0.621. The van der Waals surface area contributed by atoms with E-state index in [0.29, 0.717) is 55.2 Å². The summed E-state index contributed by atoms with van der Waals surface area (Å²) in [5.41, 5.74) is 5.85. The van der Waals surface area contributed by atoms with Crippen molar-refractivity contribution < 1.29 is 14.4 Å². The number of amides is 3. The zero-order valence-electron chi connectivity index (χ0n) is 19.6. The maximum Gasteiger partial charge on any atom is 0.264 e. The van der Waals surface area contributed by atoms with E-state index in [9.17, 15) is 14.4 Å². The van der Waals surface area contributed by atoms with Gasteiger partial charge in [0.25, 0.3) is 5.91 Å². The van der Waals surface area contributed by atoms with Crippen LogP contribution in [0.2, 0.25) is 0 Å². The maximum atomic E-state index is 13.2.